The molecule has 0 unspecified atom stereocenters. The van der Waals surface area contributed by atoms with Crippen molar-refractivity contribution in [3.8, 4) is 0 Å². The maximum atomic E-state index is 13.0. The van der Waals surface area contributed by atoms with Crippen LogP contribution in [0.4, 0.5) is 0 Å². The Hall–Kier alpha value is -3.48. The molecule has 1 amide bonds. The number of nitrogens with zero attached hydrogens (tertiary/aromatic N) is 4. The molecule has 2 heterocycles. The van der Waals surface area contributed by atoms with Crippen molar-refractivity contribution < 1.29 is 4.79 Å². The third-order valence-electron chi connectivity index (χ3n) is 5.82. The molecular weight excluding hydrogens is 390 g/mol. The SMILES string of the molecule is CCC(CC)C(=O)NCCn1ncc2c(=O)n(Cc3cccc4ccccc34)cnc21. The molecule has 0 fully saturated rings. The maximum absolute atomic E-state index is 13.0. The summed E-state index contributed by atoms with van der Waals surface area (Å²) in [5.74, 6) is 0.0978. The molecule has 0 saturated heterocycles. The molecule has 0 radical (unpaired) electrons. The zero-order valence-electron chi connectivity index (χ0n) is 17.9. The number of carbonyl (C=O) groups excluding carboxylic acids is 1. The van der Waals surface area contributed by atoms with Crippen LogP contribution >= 0.6 is 0 Å². The first-order valence-electron chi connectivity index (χ1n) is 10.8. The fourth-order valence-corrected chi connectivity index (χ4v) is 3.98. The Labute approximate surface area is 180 Å². The van der Waals surface area contributed by atoms with Crippen molar-refractivity contribution in [2.24, 2.45) is 5.92 Å². The number of hydrogen-bond acceptors (Lipinski definition) is 4. The van der Waals surface area contributed by atoms with Crippen molar-refractivity contribution in [2.75, 3.05) is 6.54 Å². The van der Waals surface area contributed by atoms with Crippen LogP contribution in [-0.2, 0) is 17.9 Å². The van der Waals surface area contributed by atoms with Crippen LogP contribution in [0.2, 0.25) is 0 Å². The van der Waals surface area contributed by atoms with Crippen LogP contribution in [0.15, 0.2) is 59.8 Å². The number of fused-ring (bicyclic) bond motifs is 2. The fourth-order valence-electron chi connectivity index (χ4n) is 3.98. The van der Waals surface area contributed by atoms with Gasteiger partial charge in [0.05, 0.1) is 19.3 Å². The van der Waals surface area contributed by atoms with E-state index in [2.05, 4.69) is 33.6 Å². The van der Waals surface area contributed by atoms with Gasteiger partial charge < -0.3 is 5.32 Å². The van der Waals surface area contributed by atoms with Crippen LogP contribution in [-0.4, -0.2) is 31.8 Å². The summed E-state index contributed by atoms with van der Waals surface area (Å²) in [6, 6.07) is 14.2. The predicted octanol–water partition coefficient (Wildman–Crippen LogP) is 3.35. The number of carbonyl (C=O) groups is 1. The van der Waals surface area contributed by atoms with Gasteiger partial charge in [-0.15, -0.1) is 0 Å². The van der Waals surface area contributed by atoms with E-state index in [1.54, 1.807) is 21.8 Å². The van der Waals surface area contributed by atoms with E-state index >= 15 is 0 Å². The van der Waals surface area contributed by atoms with Gasteiger partial charge in [0.1, 0.15) is 11.7 Å². The minimum Gasteiger partial charge on any atom is -0.354 e. The monoisotopic (exact) mass is 417 g/mol. The van der Waals surface area contributed by atoms with E-state index in [1.165, 1.54) is 0 Å². The molecule has 1 N–H and O–H groups in total. The number of rotatable bonds is 8. The molecule has 0 saturated carbocycles. The van der Waals surface area contributed by atoms with Crippen molar-refractivity contribution in [1.29, 1.82) is 0 Å². The molecule has 2 aromatic carbocycles. The topological polar surface area (TPSA) is 81.8 Å². The molecule has 0 aliphatic carbocycles. The molecule has 31 heavy (non-hydrogen) atoms. The second kappa shape index (κ2) is 9.12. The molecule has 0 aliphatic rings. The van der Waals surface area contributed by atoms with E-state index in [0.29, 0.717) is 30.7 Å². The summed E-state index contributed by atoms with van der Waals surface area (Å²) in [5, 5.41) is 10.0. The minimum absolute atomic E-state index is 0.0359. The first-order valence-corrected chi connectivity index (χ1v) is 10.8. The Bertz CT molecular complexity index is 1260. The van der Waals surface area contributed by atoms with E-state index in [4.69, 9.17) is 0 Å². The zero-order chi connectivity index (χ0) is 21.8. The van der Waals surface area contributed by atoms with Gasteiger partial charge in [-0.05, 0) is 29.2 Å². The summed E-state index contributed by atoms with van der Waals surface area (Å²) >= 11 is 0. The molecule has 0 atom stereocenters. The highest BCUT2D eigenvalue weighted by molar-refractivity contribution is 5.85. The zero-order valence-corrected chi connectivity index (χ0v) is 17.9. The van der Waals surface area contributed by atoms with E-state index < -0.39 is 0 Å². The number of hydrogen-bond donors (Lipinski definition) is 1. The Morgan fingerprint density at radius 2 is 1.84 bits per heavy atom. The molecule has 160 valence electrons. The van der Waals surface area contributed by atoms with Crippen LogP contribution < -0.4 is 10.9 Å². The van der Waals surface area contributed by atoms with Crippen molar-refractivity contribution in [3.05, 3.63) is 70.9 Å². The van der Waals surface area contributed by atoms with Crippen LogP contribution in [0.5, 0.6) is 0 Å². The minimum atomic E-state index is -0.120. The molecule has 4 aromatic rings. The molecule has 2 aromatic heterocycles. The number of nitrogens with one attached hydrogen (secondary N) is 1. The summed E-state index contributed by atoms with van der Waals surface area (Å²) in [6.07, 6.45) is 4.79. The van der Waals surface area contributed by atoms with Crippen LogP contribution in [0, 0.1) is 5.92 Å². The second-order valence-electron chi connectivity index (χ2n) is 7.73. The van der Waals surface area contributed by atoms with Gasteiger partial charge >= 0.3 is 0 Å². The highest BCUT2D eigenvalue weighted by atomic mass is 16.2. The first kappa shape index (κ1) is 20.8. The van der Waals surface area contributed by atoms with Crippen LogP contribution in [0.3, 0.4) is 0 Å². The lowest BCUT2D eigenvalue weighted by Gasteiger charge is -2.13. The molecular formula is C24H27N5O2. The average molecular weight is 418 g/mol. The largest absolute Gasteiger partial charge is 0.354 e. The second-order valence-corrected chi connectivity index (χ2v) is 7.73. The van der Waals surface area contributed by atoms with Crippen LogP contribution in [0.25, 0.3) is 21.8 Å². The van der Waals surface area contributed by atoms with Crippen molar-refractivity contribution in [3.63, 3.8) is 0 Å². The first-order chi connectivity index (χ1) is 15.1. The molecule has 0 aliphatic heterocycles. The lowest BCUT2D eigenvalue weighted by atomic mass is 10.0. The van der Waals surface area contributed by atoms with Gasteiger partial charge in [-0.3, -0.25) is 14.2 Å². The predicted molar refractivity (Wildman–Crippen MR) is 122 cm³/mol. The Kier molecular flexibility index (Phi) is 6.11. The number of aromatic nitrogens is 4. The Balaban J connectivity index is 1.53. The highest BCUT2D eigenvalue weighted by Gasteiger charge is 2.14. The summed E-state index contributed by atoms with van der Waals surface area (Å²) in [4.78, 5) is 29.7. The van der Waals surface area contributed by atoms with Gasteiger partial charge in [-0.25, -0.2) is 9.67 Å². The third-order valence-corrected chi connectivity index (χ3v) is 5.82. The smallest absolute Gasteiger partial charge is 0.264 e. The van der Waals surface area contributed by atoms with Crippen molar-refractivity contribution in [2.45, 2.75) is 39.8 Å². The van der Waals surface area contributed by atoms with Gasteiger partial charge in [0.15, 0.2) is 5.65 Å². The van der Waals surface area contributed by atoms with Gasteiger partial charge in [0, 0.05) is 12.5 Å². The molecule has 7 heteroatoms. The van der Waals surface area contributed by atoms with E-state index in [0.717, 1.165) is 29.2 Å². The van der Waals surface area contributed by atoms with E-state index in [-0.39, 0.29) is 17.4 Å². The Morgan fingerprint density at radius 1 is 1.06 bits per heavy atom. The fraction of sp³-hybridized carbons (Fsp3) is 0.333. The number of amides is 1. The van der Waals surface area contributed by atoms with Crippen LogP contribution in [0.1, 0.15) is 32.3 Å². The molecule has 0 spiro atoms. The lowest BCUT2D eigenvalue weighted by Crippen LogP contribution is -2.32. The highest BCUT2D eigenvalue weighted by Crippen LogP contribution is 2.19. The summed E-state index contributed by atoms with van der Waals surface area (Å²) in [5.41, 5.74) is 1.49. The third kappa shape index (κ3) is 4.21. The quantitative estimate of drug-likeness (QED) is 0.477. The van der Waals surface area contributed by atoms with E-state index in [9.17, 15) is 9.59 Å². The van der Waals surface area contributed by atoms with Gasteiger partial charge in [0.25, 0.3) is 5.56 Å². The summed E-state index contributed by atoms with van der Waals surface area (Å²) < 4.78 is 3.29. The lowest BCUT2D eigenvalue weighted by molar-refractivity contribution is -0.125. The number of benzene rings is 2. The van der Waals surface area contributed by atoms with Gasteiger partial charge in [-0.2, -0.15) is 5.10 Å². The van der Waals surface area contributed by atoms with Gasteiger partial charge in [-0.1, -0.05) is 56.3 Å². The van der Waals surface area contributed by atoms with E-state index in [1.807, 2.05) is 38.1 Å². The van der Waals surface area contributed by atoms with Crippen molar-refractivity contribution >= 4 is 27.7 Å². The average Bonchev–Trinajstić information content (AvgIpc) is 3.20. The normalized spacial score (nSPS) is 11.5. The molecule has 0 bridgehead atoms. The molecule has 7 nitrogen and oxygen atoms in total. The summed E-state index contributed by atoms with van der Waals surface area (Å²) in [6.45, 7) is 5.39. The molecule has 4 rings (SSSR count). The maximum Gasteiger partial charge on any atom is 0.264 e. The van der Waals surface area contributed by atoms with Crippen molar-refractivity contribution in [1.82, 2.24) is 24.6 Å². The Morgan fingerprint density at radius 3 is 2.65 bits per heavy atom. The summed E-state index contributed by atoms with van der Waals surface area (Å²) in [7, 11) is 0. The van der Waals surface area contributed by atoms with Gasteiger partial charge in [0.2, 0.25) is 5.91 Å². The standard InChI is InChI=1S/C24H27N5O2/c1-3-17(4-2)23(30)25-12-13-29-22-21(14-27-29)24(31)28(16-26-22)15-19-10-7-9-18-8-5-6-11-20(18)19/h5-11,14,16-17H,3-4,12-13,15H2,1-2H3,(H,25,30).